The lowest BCUT2D eigenvalue weighted by Gasteiger charge is -2.40. The van der Waals surface area contributed by atoms with E-state index in [1.54, 1.807) is 38.4 Å². The molecule has 0 saturated heterocycles. The highest BCUT2D eigenvalue weighted by molar-refractivity contribution is 7.10. The summed E-state index contributed by atoms with van der Waals surface area (Å²) in [6.45, 7) is 11.0. The van der Waals surface area contributed by atoms with Crippen LogP contribution in [0.25, 0.3) is 0 Å². The van der Waals surface area contributed by atoms with Gasteiger partial charge >= 0.3 is 0 Å². The van der Waals surface area contributed by atoms with Crippen LogP contribution in [-0.2, 0) is 11.2 Å². The van der Waals surface area contributed by atoms with E-state index in [4.69, 9.17) is 9.47 Å². The number of hydrogen-bond donors (Lipinski definition) is 1. The summed E-state index contributed by atoms with van der Waals surface area (Å²) in [6.07, 6.45) is 2.61. The number of fused-ring (bicyclic) bond motifs is 1. The number of para-hydroxylation sites is 2. The number of aliphatic hydroxyl groups is 1. The molecule has 1 aromatic carbocycles. The summed E-state index contributed by atoms with van der Waals surface area (Å²) in [5, 5.41) is 12.6. The third-order valence-electron chi connectivity index (χ3n) is 6.15. The van der Waals surface area contributed by atoms with Gasteiger partial charge in [0.2, 0.25) is 5.91 Å². The Morgan fingerprint density at radius 3 is 2.75 bits per heavy atom. The van der Waals surface area contributed by atoms with Gasteiger partial charge < -0.3 is 19.5 Å². The zero-order chi connectivity index (χ0) is 23.3. The minimum absolute atomic E-state index is 0.0217. The van der Waals surface area contributed by atoms with Crippen molar-refractivity contribution in [1.29, 1.82) is 0 Å². The molecule has 0 fully saturated rings. The molecule has 2 aromatic rings. The number of nitrogens with zero attached hydrogens (tertiary/aromatic N) is 2. The lowest BCUT2D eigenvalue weighted by atomic mass is 9.98. The van der Waals surface area contributed by atoms with Crippen LogP contribution in [0.4, 0.5) is 0 Å². The second kappa shape index (κ2) is 10.5. The van der Waals surface area contributed by atoms with Crippen molar-refractivity contribution in [3.63, 3.8) is 0 Å². The van der Waals surface area contributed by atoms with Crippen LogP contribution in [0.3, 0.4) is 0 Å². The third-order valence-corrected chi connectivity index (χ3v) is 7.15. The van der Waals surface area contributed by atoms with Crippen LogP contribution in [0.1, 0.15) is 37.3 Å². The molecule has 0 bridgehead atoms. The van der Waals surface area contributed by atoms with Crippen LogP contribution in [-0.4, -0.2) is 65.8 Å². The minimum Gasteiger partial charge on any atom is -0.493 e. The molecule has 2 heterocycles. The Hall–Kier alpha value is -2.35. The molecule has 1 aromatic heterocycles. The van der Waals surface area contributed by atoms with Crippen LogP contribution in [0.5, 0.6) is 11.5 Å². The molecule has 0 unspecified atom stereocenters. The molecule has 0 aliphatic carbocycles. The number of thiophene rings is 1. The summed E-state index contributed by atoms with van der Waals surface area (Å²) in [4.78, 5) is 18.7. The van der Waals surface area contributed by atoms with Gasteiger partial charge in [0.1, 0.15) is 6.61 Å². The van der Waals surface area contributed by atoms with Crippen molar-refractivity contribution in [1.82, 2.24) is 9.80 Å². The van der Waals surface area contributed by atoms with E-state index in [9.17, 15) is 9.90 Å². The summed E-state index contributed by atoms with van der Waals surface area (Å²) in [5.41, 5.74) is 0.216. The molecule has 1 aliphatic heterocycles. The van der Waals surface area contributed by atoms with Gasteiger partial charge in [0.25, 0.3) is 0 Å². The number of benzene rings is 1. The first kappa shape index (κ1) is 24.3. The summed E-state index contributed by atoms with van der Waals surface area (Å²) < 4.78 is 11.6. The van der Waals surface area contributed by atoms with Gasteiger partial charge in [-0.1, -0.05) is 18.2 Å². The van der Waals surface area contributed by atoms with Gasteiger partial charge in [-0.15, -0.1) is 17.9 Å². The summed E-state index contributed by atoms with van der Waals surface area (Å²) in [5.74, 6) is 1.35. The van der Waals surface area contributed by atoms with Crippen molar-refractivity contribution in [2.24, 2.45) is 0 Å². The predicted molar refractivity (Wildman–Crippen MR) is 128 cm³/mol. The molecule has 6 nitrogen and oxygen atoms in total. The Morgan fingerprint density at radius 2 is 2.09 bits per heavy atom. The quantitative estimate of drug-likeness (QED) is 0.547. The van der Waals surface area contributed by atoms with Gasteiger partial charge in [0.05, 0.1) is 25.3 Å². The molecule has 0 spiro atoms. The second-order valence-corrected chi connectivity index (χ2v) is 9.66. The SMILES string of the molecule is C=CCN(CC(=O)N1CCc2sccc2[C@H]1COc1ccccc1OC)[C@@H](C)C(C)(C)O. The van der Waals surface area contributed by atoms with Crippen molar-refractivity contribution in [2.45, 2.75) is 44.9 Å². The van der Waals surface area contributed by atoms with E-state index in [1.807, 2.05) is 41.0 Å². The zero-order valence-corrected chi connectivity index (χ0v) is 20.2. The number of hydrogen-bond acceptors (Lipinski definition) is 6. The standard InChI is InChI=1S/C25H34N2O4S/c1-6-13-26(18(2)25(3,4)29)16-24(28)27-14-11-23-19(12-15-32-23)20(27)17-31-22-10-8-7-9-21(22)30-5/h6-10,12,15,18,20,29H,1,11,13-14,16-17H2,2-5H3/t18-,20+/m0/s1. The normalized spacial score (nSPS) is 17.1. The van der Waals surface area contributed by atoms with Crippen LogP contribution in [0.2, 0.25) is 0 Å². The molecular weight excluding hydrogens is 424 g/mol. The van der Waals surface area contributed by atoms with Crippen molar-refractivity contribution >= 4 is 17.2 Å². The fourth-order valence-corrected chi connectivity index (χ4v) is 4.95. The molecule has 1 N–H and O–H groups in total. The summed E-state index contributed by atoms with van der Waals surface area (Å²) in [6, 6.07) is 9.26. The molecular formula is C25H34N2O4S. The molecule has 2 atom stereocenters. The lowest BCUT2D eigenvalue weighted by Crippen LogP contribution is -2.53. The molecule has 1 amide bonds. The number of carbonyl (C=O) groups is 1. The highest BCUT2D eigenvalue weighted by Crippen LogP contribution is 2.35. The molecule has 32 heavy (non-hydrogen) atoms. The largest absolute Gasteiger partial charge is 0.493 e. The van der Waals surface area contributed by atoms with Crippen LogP contribution in [0.15, 0.2) is 48.4 Å². The first-order valence-corrected chi connectivity index (χ1v) is 11.8. The van der Waals surface area contributed by atoms with Crippen LogP contribution >= 0.6 is 11.3 Å². The number of ether oxygens (including phenoxy) is 2. The molecule has 0 saturated carbocycles. The topological polar surface area (TPSA) is 62.2 Å². The van der Waals surface area contributed by atoms with E-state index in [0.717, 1.165) is 12.0 Å². The van der Waals surface area contributed by atoms with Crippen LogP contribution in [0, 0.1) is 0 Å². The van der Waals surface area contributed by atoms with Gasteiger partial charge in [-0.25, -0.2) is 0 Å². The highest BCUT2D eigenvalue weighted by atomic mass is 32.1. The predicted octanol–water partition coefficient (Wildman–Crippen LogP) is 3.91. The van der Waals surface area contributed by atoms with Gasteiger partial charge in [-0.2, -0.15) is 0 Å². The number of methoxy groups -OCH3 is 1. The first-order valence-electron chi connectivity index (χ1n) is 10.9. The van der Waals surface area contributed by atoms with Gasteiger partial charge in [-0.3, -0.25) is 9.69 Å². The Balaban J connectivity index is 1.80. The van der Waals surface area contributed by atoms with Crippen molar-refractivity contribution in [3.8, 4) is 11.5 Å². The maximum absolute atomic E-state index is 13.5. The van der Waals surface area contributed by atoms with Gasteiger partial charge in [-0.05, 0) is 56.3 Å². The monoisotopic (exact) mass is 458 g/mol. The van der Waals surface area contributed by atoms with E-state index in [0.29, 0.717) is 31.2 Å². The Morgan fingerprint density at radius 1 is 1.38 bits per heavy atom. The maximum atomic E-state index is 13.5. The zero-order valence-electron chi connectivity index (χ0n) is 19.4. The lowest BCUT2D eigenvalue weighted by molar-refractivity contribution is -0.137. The summed E-state index contributed by atoms with van der Waals surface area (Å²) >= 11 is 1.73. The number of carbonyl (C=O) groups excluding carboxylic acids is 1. The highest BCUT2D eigenvalue weighted by Gasteiger charge is 2.35. The number of rotatable bonds is 10. The van der Waals surface area contributed by atoms with E-state index in [1.165, 1.54) is 4.88 Å². The molecule has 0 radical (unpaired) electrons. The average molecular weight is 459 g/mol. The second-order valence-electron chi connectivity index (χ2n) is 8.66. The minimum atomic E-state index is -0.932. The number of amides is 1. The van der Waals surface area contributed by atoms with Gasteiger partial charge in [0, 0.05) is 24.0 Å². The molecule has 7 heteroatoms. The van der Waals surface area contributed by atoms with E-state index < -0.39 is 5.60 Å². The molecule has 3 rings (SSSR count). The smallest absolute Gasteiger partial charge is 0.237 e. The maximum Gasteiger partial charge on any atom is 0.237 e. The fraction of sp³-hybridized carbons (Fsp3) is 0.480. The van der Waals surface area contributed by atoms with E-state index >= 15 is 0 Å². The van der Waals surface area contributed by atoms with Crippen molar-refractivity contribution in [3.05, 3.63) is 58.8 Å². The first-order chi connectivity index (χ1) is 15.3. The fourth-order valence-electron chi connectivity index (χ4n) is 4.02. The third kappa shape index (κ3) is 5.52. The average Bonchev–Trinajstić information content (AvgIpc) is 3.25. The molecule has 174 valence electrons. The molecule has 1 aliphatic rings. The Labute approximate surface area is 195 Å². The van der Waals surface area contributed by atoms with Crippen molar-refractivity contribution < 1.29 is 19.4 Å². The van der Waals surface area contributed by atoms with E-state index in [-0.39, 0.29) is 24.5 Å². The van der Waals surface area contributed by atoms with Gasteiger partial charge in [0.15, 0.2) is 11.5 Å². The Bertz CT molecular complexity index is 921. The van der Waals surface area contributed by atoms with E-state index in [2.05, 4.69) is 18.0 Å². The van der Waals surface area contributed by atoms with Crippen LogP contribution < -0.4 is 9.47 Å². The Kier molecular flexibility index (Phi) is 7.98. The summed E-state index contributed by atoms with van der Waals surface area (Å²) in [7, 11) is 1.62. The van der Waals surface area contributed by atoms with Crippen molar-refractivity contribution in [2.75, 3.05) is 33.4 Å².